The lowest BCUT2D eigenvalue weighted by Crippen LogP contribution is -2.34. The number of ether oxygens (including phenoxy) is 1. The van der Waals surface area contributed by atoms with Crippen LogP contribution in [0.4, 0.5) is 0 Å². The Morgan fingerprint density at radius 1 is 1.22 bits per heavy atom. The van der Waals surface area contributed by atoms with E-state index in [1.54, 1.807) is 0 Å². The molecule has 18 heavy (non-hydrogen) atoms. The minimum Gasteiger partial charge on any atom is -0.376 e. The number of unbranched alkanes of at least 4 members (excludes halogenated alkanes) is 3. The van der Waals surface area contributed by atoms with E-state index >= 15 is 0 Å². The molecule has 1 aromatic carbocycles. The summed E-state index contributed by atoms with van der Waals surface area (Å²) in [5.41, 5.74) is 8.99. The molecule has 0 saturated carbocycles. The second-order valence-electron chi connectivity index (χ2n) is 5.23. The first-order valence-electron chi connectivity index (χ1n) is 7.28. The van der Waals surface area contributed by atoms with Gasteiger partial charge >= 0.3 is 0 Å². The third-order valence-electron chi connectivity index (χ3n) is 3.84. The monoisotopic (exact) mass is 247 g/mol. The molecule has 0 amide bonds. The van der Waals surface area contributed by atoms with Crippen molar-refractivity contribution in [2.45, 2.75) is 57.6 Å². The summed E-state index contributed by atoms with van der Waals surface area (Å²) in [5.74, 6) is 0. The van der Waals surface area contributed by atoms with Gasteiger partial charge in [0.1, 0.15) is 0 Å². The maximum atomic E-state index is 6.31. The van der Waals surface area contributed by atoms with E-state index in [1.807, 2.05) is 0 Å². The van der Waals surface area contributed by atoms with Crippen LogP contribution in [0.2, 0.25) is 0 Å². The number of hydrogen-bond donors (Lipinski definition) is 1. The molecule has 2 N–H and O–H groups in total. The number of nitrogens with two attached hydrogens (primary N) is 1. The van der Waals surface area contributed by atoms with Gasteiger partial charge in [-0.15, -0.1) is 0 Å². The van der Waals surface area contributed by atoms with E-state index in [9.17, 15) is 0 Å². The Labute approximate surface area is 111 Å². The standard InChI is InChI=1S/C16H25NO/c1-2-3-4-7-12-18-15-11-10-13-8-5-6-9-14(13)16(15)17/h5-6,8-9,15-16H,2-4,7,10-12,17H2,1H3. The first-order chi connectivity index (χ1) is 8.83. The summed E-state index contributed by atoms with van der Waals surface area (Å²) >= 11 is 0. The van der Waals surface area contributed by atoms with E-state index in [1.165, 1.54) is 36.8 Å². The van der Waals surface area contributed by atoms with Crippen LogP contribution in [0.15, 0.2) is 24.3 Å². The maximum absolute atomic E-state index is 6.31. The lowest BCUT2D eigenvalue weighted by molar-refractivity contribution is 0.0230. The van der Waals surface area contributed by atoms with Crippen molar-refractivity contribution in [1.29, 1.82) is 0 Å². The van der Waals surface area contributed by atoms with Gasteiger partial charge in [0.05, 0.1) is 12.1 Å². The van der Waals surface area contributed by atoms with Crippen LogP contribution in [-0.4, -0.2) is 12.7 Å². The molecule has 100 valence electrons. The van der Waals surface area contributed by atoms with Crippen LogP contribution in [0.3, 0.4) is 0 Å². The summed E-state index contributed by atoms with van der Waals surface area (Å²) in [6, 6.07) is 8.56. The van der Waals surface area contributed by atoms with Crippen LogP contribution in [0, 0.1) is 0 Å². The summed E-state index contributed by atoms with van der Waals surface area (Å²) in [5, 5.41) is 0. The Hall–Kier alpha value is -0.860. The smallest absolute Gasteiger partial charge is 0.0770 e. The van der Waals surface area contributed by atoms with Crippen molar-refractivity contribution in [2.75, 3.05) is 6.61 Å². The lowest BCUT2D eigenvalue weighted by Gasteiger charge is -2.31. The summed E-state index contributed by atoms with van der Waals surface area (Å²) in [6.45, 7) is 3.09. The van der Waals surface area contributed by atoms with Crippen LogP contribution >= 0.6 is 0 Å². The van der Waals surface area contributed by atoms with Gasteiger partial charge < -0.3 is 10.5 Å². The van der Waals surface area contributed by atoms with Crippen LogP contribution in [0.1, 0.15) is 56.2 Å². The fourth-order valence-corrected chi connectivity index (χ4v) is 2.72. The quantitative estimate of drug-likeness (QED) is 0.780. The first kappa shape index (κ1) is 13.6. The highest BCUT2D eigenvalue weighted by Gasteiger charge is 2.26. The molecule has 2 rings (SSSR count). The van der Waals surface area contributed by atoms with Crippen molar-refractivity contribution < 1.29 is 4.74 Å². The molecule has 0 radical (unpaired) electrons. The van der Waals surface area contributed by atoms with Gasteiger partial charge in [-0.05, 0) is 30.4 Å². The van der Waals surface area contributed by atoms with Crippen molar-refractivity contribution in [3.8, 4) is 0 Å². The molecule has 1 aliphatic rings. The van der Waals surface area contributed by atoms with E-state index in [0.717, 1.165) is 19.4 Å². The molecule has 1 aliphatic carbocycles. The van der Waals surface area contributed by atoms with Gasteiger partial charge in [0, 0.05) is 6.61 Å². The normalized spacial score (nSPS) is 22.8. The van der Waals surface area contributed by atoms with Gasteiger partial charge in [-0.1, -0.05) is 50.5 Å². The molecule has 1 aromatic rings. The van der Waals surface area contributed by atoms with E-state index in [-0.39, 0.29) is 12.1 Å². The van der Waals surface area contributed by atoms with E-state index in [2.05, 4.69) is 31.2 Å². The number of fused-ring (bicyclic) bond motifs is 1. The van der Waals surface area contributed by atoms with Crippen LogP contribution < -0.4 is 5.73 Å². The number of hydrogen-bond acceptors (Lipinski definition) is 2. The lowest BCUT2D eigenvalue weighted by atomic mass is 9.86. The highest BCUT2D eigenvalue weighted by Crippen LogP contribution is 2.30. The molecule has 0 saturated heterocycles. The van der Waals surface area contributed by atoms with Crippen LogP contribution in [0.5, 0.6) is 0 Å². The zero-order valence-electron chi connectivity index (χ0n) is 11.4. The predicted molar refractivity (Wildman–Crippen MR) is 75.6 cm³/mol. The van der Waals surface area contributed by atoms with Gasteiger partial charge in [0.25, 0.3) is 0 Å². The van der Waals surface area contributed by atoms with Gasteiger partial charge in [-0.2, -0.15) is 0 Å². The molecule has 2 heteroatoms. The Bertz CT molecular complexity index is 364. The minimum absolute atomic E-state index is 0.0566. The third kappa shape index (κ3) is 3.33. The number of aryl methyl sites for hydroxylation is 1. The fourth-order valence-electron chi connectivity index (χ4n) is 2.72. The molecule has 0 bridgehead atoms. The minimum atomic E-state index is 0.0566. The van der Waals surface area contributed by atoms with Crippen LogP contribution in [0.25, 0.3) is 0 Å². The van der Waals surface area contributed by atoms with E-state index in [4.69, 9.17) is 10.5 Å². The highest BCUT2D eigenvalue weighted by molar-refractivity contribution is 5.33. The van der Waals surface area contributed by atoms with Crippen molar-refractivity contribution in [2.24, 2.45) is 5.73 Å². The third-order valence-corrected chi connectivity index (χ3v) is 3.84. The van der Waals surface area contributed by atoms with Crippen molar-refractivity contribution >= 4 is 0 Å². The molecule has 0 heterocycles. The summed E-state index contributed by atoms with van der Waals surface area (Å²) < 4.78 is 5.97. The number of rotatable bonds is 6. The van der Waals surface area contributed by atoms with Crippen molar-refractivity contribution in [1.82, 2.24) is 0 Å². The maximum Gasteiger partial charge on any atom is 0.0770 e. The first-order valence-corrected chi connectivity index (χ1v) is 7.28. The van der Waals surface area contributed by atoms with Gasteiger partial charge in [-0.3, -0.25) is 0 Å². The zero-order valence-corrected chi connectivity index (χ0v) is 11.4. The molecule has 2 unspecified atom stereocenters. The average Bonchev–Trinajstić information content (AvgIpc) is 2.41. The predicted octanol–water partition coefficient (Wildman–Crippen LogP) is 3.60. The largest absolute Gasteiger partial charge is 0.376 e. The van der Waals surface area contributed by atoms with Crippen molar-refractivity contribution in [3.63, 3.8) is 0 Å². The SMILES string of the molecule is CCCCCCOC1CCc2ccccc2C1N. The molecule has 0 aliphatic heterocycles. The summed E-state index contributed by atoms with van der Waals surface area (Å²) in [7, 11) is 0. The Morgan fingerprint density at radius 3 is 2.89 bits per heavy atom. The second-order valence-corrected chi connectivity index (χ2v) is 5.23. The Balaban J connectivity index is 1.82. The molecular weight excluding hydrogens is 222 g/mol. The Kier molecular flexibility index (Phi) is 5.21. The highest BCUT2D eigenvalue weighted by atomic mass is 16.5. The Morgan fingerprint density at radius 2 is 2.06 bits per heavy atom. The second kappa shape index (κ2) is 6.91. The van der Waals surface area contributed by atoms with E-state index in [0.29, 0.717) is 0 Å². The molecule has 0 fully saturated rings. The summed E-state index contributed by atoms with van der Waals surface area (Å²) in [6.07, 6.45) is 7.39. The average molecular weight is 247 g/mol. The molecule has 0 aromatic heterocycles. The van der Waals surface area contributed by atoms with Crippen molar-refractivity contribution in [3.05, 3.63) is 35.4 Å². The molecule has 2 atom stereocenters. The molecule has 0 spiro atoms. The molecular formula is C16H25NO. The number of benzene rings is 1. The summed E-state index contributed by atoms with van der Waals surface area (Å²) in [4.78, 5) is 0. The van der Waals surface area contributed by atoms with Gasteiger partial charge in [-0.25, -0.2) is 0 Å². The van der Waals surface area contributed by atoms with Crippen LogP contribution in [-0.2, 0) is 11.2 Å². The van der Waals surface area contributed by atoms with Gasteiger partial charge in [0.15, 0.2) is 0 Å². The molecule has 2 nitrogen and oxygen atoms in total. The fraction of sp³-hybridized carbons (Fsp3) is 0.625. The zero-order chi connectivity index (χ0) is 12.8. The van der Waals surface area contributed by atoms with E-state index < -0.39 is 0 Å². The topological polar surface area (TPSA) is 35.2 Å². The van der Waals surface area contributed by atoms with Gasteiger partial charge in [0.2, 0.25) is 0 Å².